The van der Waals surface area contributed by atoms with Crippen molar-refractivity contribution in [2.45, 2.75) is 78.7 Å². The molecular weight excluding hydrogens is 326 g/mol. The molecule has 0 radical (unpaired) electrons. The molecule has 1 aliphatic rings. The van der Waals surface area contributed by atoms with Crippen molar-refractivity contribution < 1.29 is 14.3 Å². The van der Waals surface area contributed by atoms with Crippen LogP contribution in [0.15, 0.2) is 12.1 Å². The summed E-state index contributed by atoms with van der Waals surface area (Å²) in [5.41, 5.74) is 3.53. The molecule has 0 aliphatic heterocycles. The normalized spacial score (nSPS) is 17.4. The van der Waals surface area contributed by atoms with Crippen LogP contribution in [0.4, 0.5) is 0 Å². The maximum atomic E-state index is 12.8. The quantitative estimate of drug-likeness (QED) is 0.776. The molecule has 0 spiro atoms. The Morgan fingerprint density at radius 1 is 1.12 bits per heavy atom. The van der Waals surface area contributed by atoms with Crippen LogP contribution < -0.4 is 5.32 Å². The fraction of sp³-hybridized carbons (Fsp3) is 0.636. The van der Waals surface area contributed by atoms with E-state index in [1.807, 2.05) is 20.8 Å². The lowest BCUT2D eigenvalue weighted by molar-refractivity contribution is -0.156. The predicted molar refractivity (Wildman–Crippen MR) is 104 cm³/mol. The Morgan fingerprint density at radius 2 is 1.69 bits per heavy atom. The number of carbonyl (C=O) groups is 2. The van der Waals surface area contributed by atoms with Gasteiger partial charge >= 0.3 is 5.97 Å². The van der Waals surface area contributed by atoms with E-state index >= 15 is 0 Å². The Bertz CT molecular complexity index is 638. The van der Waals surface area contributed by atoms with E-state index in [1.54, 1.807) is 6.92 Å². The summed E-state index contributed by atoms with van der Waals surface area (Å²) in [5, 5.41) is 3.05. The molecule has 1 aliphatic carbocycles. The maximum Gasteiger partial charge on any atom is 0.331 e. The Kier molecular flexibility index (Phi) is 6.85. The molecule has 1 fully saturated rings. The number of hydrogen-bond acceptors (Lipinski definition) is 3. The largest absolute Gasteiger partial charge is 0.464 e. The minimum Gasteiger partial charge on any atom is -0.464 e. The summed E-state index contributed by atoms with van der Waals surface area (Å²) < 4.78 is 5.32. The van der Waals surface area contributed by atoms with E-state index in [0.29, 0.717) is 13.0 Å². The molecule has 1 aromatic carbocycles. The van der Waals surface area contributed by atoms with E-state index in [0.717, 1.165) is 42.4 Å². The van der Waals surface area contributed by atoms with Crippen LogP contribution in [0.2, 0.25) is 0 Å². The average molecular weight is 360 g/mol. The zero-order valence-electron chi connectivity index (χ0n) is 16.9. The molecule has 144 valence electrons. The first-order valence-electron chi connectivity index (χ1n) is 9.83. The smallest absolute Gasteiger partial charge is 0.331 e. The van der Waals surface area contributed by atoms with E-state index in [4.69, 9.17) is 4.74 Å². The summed E-state index contributed by atoms with van der Waals surface area (Å²) in [5.74, 6) is -0.279. The van der Waals surface area contributed by atoms with Crippen LogP contribution >= 0.6 is 0 Å². The second-order valence-electron chi connectivity index (χ2n) is 7.86. The molecule has 0 bridgehead atoms. The van der Waals surface area contributed by atoms with Gasteiger partial charge in [-0.15, -0.1) is 0 Å². The highest BCUT2D eigenvalue weighted by atomic mass is 16.5. The van der Waals surface area contributed by atoms with Crippen molar-refractivity contribution in [3.63, 3.8) is 0 Å². The van der Waals surface area contributed by atoms with Gasteiger partial charge in [0.05, 0.1) is 13.0 Å². The molecule has 0 aromatic heterocycles. The molecule has 1 amide bonds. The van der Waals surface area contributed by atoms with Crippen LogP contribution in [-0.4, -0.2) is 24.0 Å². The fourth-order valence-electron chi connectivity index (χ4n) is 4.26. The minimum absolute atomic E-state index is 0.110. The van der Waals surface area contributed by atoms with Gasteiger partial charge in [0.25, 0.3) is 0 Å². The average Bonchev–Trinajstić information content (AvgIpc) is 2.59. The Morgan fingerprint density at radius 3 is 2.23 bits per heavy atom. The van der Waals surface area contributed by atoms with Crippen LogP contribution in [0.25, 0.3) is 0 Å². The van der Waals surface area contributed by atoms with E-state index in [2.05, 4.69) is 24.4 Å². The standard InChI is InChI=1S/C22H33NO3/c1-6-26-21(25)22(5,18-10-8-7-9-11-18)23-20(24)14-19-16(3)12-15(2)13-17(19)4/h12-13,18H,6-11,14H2,1-5H3,(H,23,24). The third-order valence-corrected chi connectivity index (χ3v) is 5.70. The summed E-state index contributed by atoms with van der Waals surface area (Å²) in [7, 11) is 0. The number of ether oxygens (including phenoxy) is 1. The molecule has 1 unspecified atom stereocenters. The Labute approximate surface area is 157 Å². The van der Waals surface area contributed by atoms with Crippen molar-refractivity contribution in [1.29, 1.82) is 0 Å². The molecule has 1 atom stereocenters. The Balaban J connectivity index is 2.19. The molecule has 1 saturated carbocycles. The lowest BCUT2D eigenvalue weighted by atomic mass is 9.75. The molecule has 1 N–H and O–H groups in total. The zero-order chi connectivity index (χ0) is 19.3. The summed E-state index contributed by atoms with van der Waals surface area (Å²) in [6, 6.07) is 4.20. The monoisotopic (exact) mass is 359 g/mol. The van der Waals surface area contributed by atoms with Gasteiger partial charge in [-0.05, 0) is 70.1 Å². The van der Waals surface area contributed by atoms with Gasteiger partial charge in [0, 0.05) is 0 Å². The third kappa shape index (κ3) is 4.66. The van der Waals surface area contributed by atoms with Gasteiger partial charge in [-0.2, -0.15) is 0 Å². The molecule has 2 rings (SSSR count). The number of esters is 1. The van der Waals surface area contributed by atoms with E-state index < -0.39 is 5.54 Å². The summed E-state index contributed by atoms with van der Waals surface area (Å²) in [6.07, 6.45) is 5.61. The van der Waals surface area contributed by atoms with Gasteiger partial charge < -0.3 is 10.1 Å². The van der Waals surface area contributed by atoms with Gasteiger partial charge in [0.2, 0.25) is 5.91 Å². The lowest BCUT2D eigenvalue weighted by Gasteiger charge is -2.38. The SMILES string of the molecule is CCOC(=O)C(C)(NC(=O)Cc1c(C)cc(C)cc1C)C1CCCCC1. The van der Waals surface area contributed by atoms with Gasteiger partial charge in [-0.1, -0.05) is 37.0 Å². The van der Waals surface area contributed by atoms with Crippen LogP contribution in [0, 0.1) is 26.7 Å². The summed E-state index contributed by atoms with van der Waals surface area (Å²) in [4.78, 5) is 25.5. The number of benzene rings is 1. The molecule has 0 saturated heterocycles. The van der Waals surface area contributed by atoms with Crippen LogP contribution in [-0.2, 0) is 20.7 Å². The fourth-order valence-corrected chi connectivity index (χ4v) is 4.26. The molecule has 1 aromatic rings. The number of rotatable bonds is 6. The first-order valence-corrected chi connectivity index (χ1v) is 9.83. The maximum absolute atomic E-state index is 12.8. The molecular formula is C22H33NO3. The van der Waals surface area contributed by atoms with Crippen molar-refractivity contribution in [2.24, 2.45) is 5.92 Å². The number of aryl methyl sites for hydroxylation is 3. The van der Waals surface area contributed by atoms with Crippen molar-refractivity contribution in [3.05, 3.63) is 34.4 Å². The number of hydrogen-bond donors (Lipinski definition) is 1. The highest BCUT2D eigenvalue weighted by Crippen LogP contribution is 2.33. The van der Waals surface area contributed by atoms with E-state index in [1.165, 1.54) is 12.0 Å². The molecule has 4 heteroatoms. The topological polar surface area (TPSA) is 55.4 Å². The lowest BCUT2D eigenvalue weighted by Crippen LogP contribution is -2.58. The van der Waals surface area contributed by atoms with Crippen LogP contribution in [0.1, 0.15) is 68.2 Å². The van der Waals surface area contributed by atoms with E-state index in [9.17, 15) is 9.59 Å². The first-order chi connectivity index (χ1) is 12.3. The second kappa shape index (κ2) is 8.70. The summed E-state index contributed by atoms with van der Waals surface area (Å²) in [6.45, 7) is 10.1. The Hall–Kier alpha value is -1.84. The number of nitrogens with one attached hydrogen (secondary N) is 1. The number of carbonyl (C=O) groups excluding carboxylic acids is 2. The summed E-state index contributed by atoms with van der Waals surface area (Å²) >= 11 is 0. The molecule has 0 heterocycles. The van der Waals surface area contributed by atoms with Crippen molar-refractivity contribution in [2.75, 3.05) is 6.61 Å². The van der Waals surface area contributed by atoms with Gasteiger partial charge in [-0.3, -0.25) is 4.79 Å². The van der Waals surface area contributed by atoms with Gasteiger partial charge in [-0.25, -0.2) is 4.79 Å². The van der Waals surface area contributed by atoms with Crippen molar-refractivity contribution >= 4 is 11.9 Å². The van der Waals surface area contributed by atoms with Crippen molar-refractivity contribution in [1.82, 2.24) is 5.32 Å². The molecule has 4 nitrogen and oxygen atoms in total. The zero-order valence-corrected chi connectivity index (χ0v) is 16.9. The van der Waals surface area contributed by atoms with Crippen molar-refractivity contribution in [3.8, 4) is 0 Å². The third-order valence-electron chi connectivity index (χ3n) is 5.70. The van der Waals surface area contributed by atoms with Gasteiger partial charge in [0.15, 0.2) is 0 Å². The van der Waals surface area contributed by atoms with Crippen LogP contribution in [0.3, 0.4) is 0 Å². The predicted octanol–water partition coefficient (Wildman–Crippen LogP) is 4.17. The highest BCUT2D eigenvalue weighted by molar-refractivity contribution is 5.89. The highest BCUT2D eigenvalue weighted by Gasteiger charge is 2.44. The first kappa shape index (κ1) is 20.5. The molecule has 26 heavy (non-hydrogen) atoms. The van der Waals surface area contributed by atoms with Gasteiger partial charge in [0.1, 0.15) is 5.54 Å². The minimum atomic E-state index is -0.944. The van der Waals surface area contributed by atoms with E-state index in [-0.39, 0.29) is 17.8 Å². The second-order valence-corrected chi connectivity index (χ2v) is 7.86. The number of amides is 1. The van der Waals surface area contributed by atoms with Crippen LogP contribution in [0.5, 0.6) is 0 Å².